The lowest BCUT2D eigenvalue weighted by Crippen LogP contribution is -2.16. The highest BCUT2D eigenvalue weighted by molar-refractivity contribution is 6.06. The minimum atomic E-state index is -0.192. The van der Waals surface area contributed by atoms with Gasteiger partial charge >= 0.3 is 0 Å². The van der Waals surface area contributed by atoms with Crippen LogP contribution in [0.25, 0.3) is 88.7 Å². The summed E-state index contributed by atoms with van der Waals surface area (Å²) < 4.78 is 0. The minimum absolute atomic E-state index is 0.192. The molecule has 0 bridgehead atoms. The van der Waals surface area contributed by atoms with Crippen LogP contribution in [0.5, 0.6) is 0 Å². The van der Waals surface area contributed by atoms with E-state index in [0.717, 1.165) is 33.0 Å². The van der Waals surface area contributed by atoms with Gasteiger partial charge < -0.3 is 0 Å². The Bertz CT molecular complexity index is 2750. The topological polar surface area (TPSA) is 38.7 Å². The van der Waals surface area contributed by atoms with Gasteiger partial charge in [0.05, 0.1) is 0 Å². The van der Waals surface area contributed by atoms with Crippen LogP contribution < -0.4 is 0 Å². The van der Waals surface area contributed by atoms with Crippen LogP contribution in [0.3, 0.4) is 0 Å². The normalized spacial score (nSPS) is 13.1. The molecule has 0 radical (unpaired) electrons. The number of hydrogen-bond acceptors (Lipinski definition) is 3. The predicted octanol–water partition coefficient (Wildman–Crippen LogP) is 12.3. The van der Waals surface area contributed by atoms with Crippen LogP contribution in [-0.2, 0) is 5.41 Å². The van der Waals surface area contributed by atoms with E-state index in [1.54, 1.807) is 0 Å². The molecule has 240 valence electrons. The van der Waals surface area contributed by atoms with Crippen molar-refractivity contribution < 1.29 is 0 Å². The van der Waals surface area contributed by atoms with Crippen molar-refractivity contribution in [3.05, 3.63) is 175 Å². The van der Waals surface area contributed by atoms with Gasteiger partial charge in [0.1, 0.15) is 0 Å². The highest BCUT2D eigenvalue weighted by atomic mass is 15.0. The van der Waals surface area contributed by atoms with Gasteiger partial charge in [0.2, 0.25) is 0 Å². The lowest BCUT2D eigenvalue weighted by Gasteiger charge is -2.26. The maximum absolute atomic E-state index is 5.31. The fourth-order valence-corrected chi connectivity index (χ4v) is 8.22. The lowest BCUT2D eigenvalue weighted by atomic mass is 9.77. The highest BCUT2D eigenvalue weighted by Gasteiger charge is 2.38. The van der Waals surface area contributed by atoms with E-state index in [4.69, 9.17) is 15.0 Å². The molecule has 0 atom stereocenters. The Labute approximate surface area is 297 Å². The van der Waals surface area contributed by atoms with Gasteiger partial charge in [-0.3, -0.25) is 0 Å². The summed E-state index contributed by atoms with van der Waals surface area (Å²) in [6.45, 7) is 4.70. The van der Waals surface area contributed by atoms with Gasteiger partial charge in [0.25, 0.3) is 0 Å². The number of benzene rings is 8. The number of fused-ring (bicyclic) bond motifs is 6. The summed E-state index contributed by atoms with van der Waals surface area (Å²) in [7, 11) is 0. The van der Waals surface area contributed by atoms with Crippen LogP contribution in [0.1, 0.15) is 25.0 Å². The van der Waals surface area contributed by atoms with Crippen LogP contribution in [0.15, 0.2) is 164 Å². The molecule has 0 saturated carbocycles. The van der Waals surface area contributed by atoms with Gasteiger partial charge in [-0.05, 0) is 78.3 Å². The minimum Gasteiger partial charge on any atom is -0.208 e. The molecule has 0 spiro atoms. The molecule has 3 heteroatoms. The average molecular weight is 652 g/mol. The molecular formula is C48H33N3. The van der Waals surface area contributed by atoms with Crippen LogP contribution in [-0.4, -0.2) is 15.0 Å². The molecule has 10 rings (SSSR count). The monoisotopic (exact) mass is 651 g/mol. The largest absolute Gasteiger partial charge is 0.208 e. The van der Waals surface area contributed by atoms with Crippen LogP contribution in [0, 0.1) is 0 Å². The Morgan fingerprint density at radius 1 is 0.373 bits per heavy atom. The van der Waals surface area contributed by atoms with E-state index >= 15 is 0 Å². The van der Waals surface area contributed by atoms with Crippen molar-refractivity contribution in [1.29, 1.82) is 0 Å². The second-order valence-corrected chi connectivity index (χ2v) is 14.0. The zero-order valence-corrected chi connectivity index (χ0v) is 28.4. The SMILES string of the molecule is CC1(C)c2ccccc2-c2cccc(-c3c(-c4nc(-c5ccc6ccccc6c5)nc(-c5ccc6ccccc6c5)n4)ccc4ccccc34)c21. The summed E-state index contributed by atoms with van der Waals surface area (Å²) in [6, 6.07) is 58.4. The summed E-state index contributed by atoms with van der Waals surface area (Å²) in [5.74, 6) is 1.96. The molecule has 1 heterocycles. The Kier molecular flexibility index (Phi) is 6.53. The molecule has 0 N–H and O–H groups in total. The number of aromatic nitrogens is 3. The molecule has 0 saturated heterocycles. The van der Waals surface area contributed by atoms with Gasteiger partial charge in [0.15, 0.2) is 17.5 Å². The first-order valence-corrected chi connectivity index (χ1v) is 17.5. The Balaban J connectivity index is 1.26. The van der Waals surface area contributed by atoms with E-state index in [-0.39, 0.29) is 5.41 Å². The highest BCUT2D eigenvalue weighted by Crippen LogP contribution is 2.53. The third-order valence-corrected chi connectivity index (χ3v) is 10.7. The van der Waals surface area contributed by atoms with Crippen molar-refractivity contribution in [1.82, 2.24) is 15.0 Å². The van der Waals surface area contributed by atoms with Crippen molar-refractivity contribution in [2.24, 2.45) is 0 Å². The molecule has 1 aliphatic rings. The lowest BCUT2D eigenvalue weighted by molar-refractivity contribution is 0.662. The first-order valence-electron chi connectivity index (χ1n) is 17.5. The first-order chi connectivity index (χ1) is 25.0. The van der Waals surface area contributed by atoms with E-state index < -0.39 is 0 Å². The summed E-state index contributed by atoms with van der Waals surface area (Å²) in [5, 5.41) is 7.03. The molecule has 0 unspecified atom stereocenters. The molecule has 0 amide bonds. The van der Waals surface area contributed by atoms with Crippen molar-refractivity contribution in [3.63, 3.8) is 0 Å². The third kappa shape index (κ3) is 4.69. The average Bonchev–Trinajstić information content (AvgIpc) is 3.43. The Morgan fingerprint density at radius 3 is 1.57 bits per heavy atom. The molecular weight excluding hydrogens is 619 g/mol. The number of rotatable bonds is 4. The van der Waals surface area contributed by atoms with E-state index in [9.17, 15) is 0 Å². The maximum Gasteiger partial charge on any atom is 0.164 e. The van der Waals surface area contributed by atoms with E-state index in [0.29, 0.717) is 17.5 Å². The third-order valence-electron chi connectivity index (χ3n) is 10.7. The van der Waals surface area contributed by atoms with Gasteiger partial charge in [-0.2, -0.15) is 0 Å². The fourth-order valence-electron chi connectivity index (χ4n) is 8.22. The molecule has 8 aromatic carbocycles. The van der Waals surface area contributed by atoms with E-state index in [1.807, 2.05) is 0 Å². The fraction of sp³-hybridized carbons (Fsp3) is 0.0625. The maximum atomic E-state index is 5.31. The zero-order chi connectivity index (χ0) is 34.1. The van der Waals surface area contributed by atoms with Crippen LogP contribution >= 0.6 is 0 Å². The molecule has 3 nitrogen and oxygen atoms in total. The number of hydrogen-bond donors (Lipinski definition) is 0. The molecule has 0 aliphatic heterocycles. The number of nitrogens with zero attached hydrogens (tertiary/aromatic N) is 3. The first kappa shape index (κ1) is 29.5. The van der Waals surface area contributed by atoms with Gasteiger partial charge in [-0.1, -0.05) is 159 Å². The molecule has 1 aliphatic carbocycles. The second kappa shape index (κ2) is 11.3. The van der Waals surface area contributed by atoms with Gasteiger partial charge in [-0.25, -0.2) is 15.0 Å². The summed E-state index contributed by atoms with van der Waals surface area (Å²) in [4.78, 5) is 15.8. The Morgan fingerprint density at radius 2 is 0.882 bits per heavy atom. The van der Waals surface area contributed by atoms with Crippen molar-refractivity contribution in [3.8, 4) is 56.4 Å². The molecule has 1 aromatic heterocycles. The second-order valence-electron chi connectivity index (χ2n) is 14.0. The van der Waals surface area contributed by atoms with Gasteiger partial charge in [-0.15, -0.1) is 0 Å². The van der Waals surface area contributed by atoms with Crippen molar-refractivity contribution in [2.45, 2.75) is 19.3 Å². The summed E-state index contributed by atoms with van der Waals surface area (Å²) in [5.41, 5.74) is 10.3. The van der Waals surface area contributed by atoms with Crippen molar-refractivity contribution in [2.75, 3.05) is 0 Å². The molecule has 9 aromatic rings. The smallest absolute Gasteiger partial charge is 0.164 e. The van der Waals surface area contributed by atoms with E-state index in [1.165, 1.54) is 49.4 Å². The van der Waals surface area contributed by atoms with E-state index in [2.05, 4.69) is 178 Å². The Hall–Kier alpha value is -6.45. The van der Waals surface area contributed by atoms with Crippen molar-refractivity contribution >= 4 is 32.3 Å². The zero-order valence-electron chi connectivity index (χ0n) is 28.4. The standard InChI is InChI=1S/C48H33N3/c1-48(2)42-21-10-9-18-38(42)39-19-11-20-40(44(39)48)43-37-17-8-7-14-32(37)26-27-41(43)47-50-45(35-24-22-30-12-3-5-15-33(30)28-35)49-46(51-47)36-25-23-31-13-4-6-16-34(31)29-36/h3-29H,1-2H3. The molecule has 0 fully saturated rings. The van der Waals surface area contributed by atoms with Crippen LogP contribution in [0.4, 0.5) is 0 Å². The van der Waals surface area contributed by atoms with Crippen LogP contribution in [0.2, 0.25) is 0 Å². The summed E-state index contributed by atoms with van der Waals surface area (Å²) >= 11 is 0. The van der Waals surface area contributed by atoms with Gasteiger partial charge in [0, 0.05) is 27.7 Å². The summed E-state index contributed by atoms with van der Waals surface area (Å²) in [6.07, 6.45) is 0. The quantitative estimate of drug-likeness (QED) is 0.190. The predicted molar refractivity (Wildman–Crippen MR) is 212 cm³/mol. The molecule has 51 heavy (non-hydrogen) atoms.